The number of H-pyrrole nitrogens is 1. The van der Waals surface area contributed by atoms with Crippen molar-refractivity contribution in [3.63, 3.8) is 0 Å². The molecule has 5 atom stereocenters. The average Bonchev–Trinajstić information content (AvgIpc) is 2.74. The summed E-state index contributed by atoms with van der Waals surface area (Å²) in [4.78, 5) is 19.9. The highest BCUT2D eigenvalue weighted by atomic mass is 16.5. The van der Waals surface area contributed by atoms with Crippen LogP contribution in [0.5, 0.6) is 0 Å². The number of pyridine rings is 2. The highest BCUT2D eigenvalue weighted by Gasteiger charge is 2.42. The predicted octanol–water partition coefficient (Wildman–Crippen LogP) is 1.18. The molecule has 8 heteroatoms. The molecule has 4 rings (SSSR count). The lowest BCUT2D eigenvalue weighted by molar-refractivity contribution is -0.180. The first-order valence-electron chi connectivity index (χ1n) is 9.87. The van der Waals surface area contributed by atoms with Crippen molar-refractivity contribution < 1.29 is 20.1 Å². The zero-order valence-corrected chi connectivity index (χ0v) is 16.7. The van der Waals surface area contributed by atoms with Crippen LogP contribution in [0.3, 0.4) is 0 Å². The van der Waals surface area contributed by atoms with E-state index in [1.807, 2.05) is 25.1 Å². The number of fused-ring (bicyclic) bond motifs is 1. The molecule has 5 unspecified atom stereocenters. The Morgan fingerprint density at radius 2 is 2.00 bits per heavy atom. The fraction of sp³-hybridized carbons (Fsp3) is 0.364. The molecule has 0 aliphatic carbocycles. The number of anilines is 1. The van der Waals surface area contributed by atoms with Crippen molar-refractivity contribution in [2.45, 2.75) is 44.3 Å². The van der Waals surface area contributed by atoms with E-state index in [4.69, 9.17) is 4.74 Å². The highest BCUT2D eigenvalue weighted by Crippen LogP contribution is 2.28. The topological polar surface area (TPSA) is 128 Å². The molecule has 1 aliphatic heterocycles. The molecule has 3 aromatic rings. The number of hydrogen-bond donors (Lipinski definition) is 5. The minimum absolute atomic E-state index is 0.230. The summed E-state index contributed by atoms with van der Waals surface area (Å²) in [5.74, 6) is 0. The van der Waals surface area contributed by atoms with Crippen molar-refractivity contribution in [3.05, 3.63) is 58.5 Å². The van der Waals surface area contributed by atoms with Crippen molar-refractivity contribution in [2.24, 2.45) is 0 Å². The first kappa shape index (κ1) is 20.5. The Labute approximate surface area is 173 Å². The molecular weight excluding hydrogens is 386 g/mol. The summed E-state index contributed by atoms with van der Waals surface area (Å²) in [5.41, 5.74) is 3.06. The number of aryl methyl sites for hydroxylation is 1. The molecule has 5 N–H and O–H groups in total. The van der Waals surface area contributed by atoms with Gasteiger partial charge in [0.05, 0.1) is 35.5 Å². The van der Waals surface area contributed by atoms with Gasteiger partial charge in [-0.25, -0.2) is 0 Å². The van der Waals surface area contributed by atoms with Gasteiger partial charge in [-0.3, -0.25) is 9.78 Å². The molecule has 1 fully saturated rings. The third-order valence-corrected chi connectivity index (χ3v) is 5.70. The zero-order chi connectivity index (χ0) is 21.4. The van der Waals surface area contributed by atoms with Gasteiger partial charge in [0.1, 0.15) is 18.3 Å². The monoisotopic (exact) mass is 411 g/mol. The van der Waals surface area contributed by atoms with Gasteiger partial charge in [-0.1, -0.05) is 12.1 Å². The van der Waals surface area contributed by atoms with Gasteiger partial charge < -0.3 is 30.4 Å². The number of hydrogen-bond acceptors (Lipinski definition) is 7. The van der Waals surface area contributed by atoms with Crippen LogP contribution in [0.15, 0.2) is 47.4 Å². The van der Waals surface area contributed by atoms with E-state index in [1.165, 1.54) is 0 Å². The van der Waals surface area contributed by atoms with Crippen molar-refractivity contribution in [1.29, 1.82) is 0 Å². The Kier molecular flexibility index (Phi) is 5.57. The Morgan fingerprint density at radius 1 is 1.20 bits per heavy atom. The van der Waals surface area contributed by atoms with Crippen LogP contribution in [0, 0.1) is 6.92 Å². The van der Waals surface area contributed by atoms with Gasteiger partial charge in [0.25, 0.3) is 5.56 Å². The largest absolute Gasteiger partial charge is 0.394 e. The summed E-state index contributed by atoms with van der Waals surface area (Å²) in [6.45, 7) is 3.28. The molecule has 1 aromatic carbocycles. The predicted molar refractivity (Wildman–Crippen MR) is 113 cm³/mol. The molecule has 0 spiro atoms. The molecule has 0 saturated carbocycles. The van der Waals surface area contributed by atoms with Crippen LogP contribution in [0.1, 0.15) is 12.5 Å². The fourth-order valence-corrected chi connectivity index (χ4v) is 4.07. The number of nitrogens with zero attached hydrogens (tertiary/aromatic N) is 1. The molecule has 1 aliphatic rings. The number of benzene rings is 1. The molecule has 3 heterocycles. The Bertz CT molecular complexity index is 1100. The number of aromatic nitrogens is 2. The zero-order valence-electron chi connectivity index (χ0n) is 16.7. The van der Waals surface area contributed by atoms with E-state index < -0.39 is 30.5 Å². The van der Waals surface area contributed by atoms with Gasteiger partial charge in [-0.15, -0.1) is 0 Å². The van der Waals surface area contributed by atoms with Crippen LogP contribution in [0.25, 0.3) is 22.2 Å². The molecular formula is C22H25N3O5. The number of rotatable bonds is 4. The summed E-state index contributed by atoms with van der Waals surface area (Å²) in [6, 6.07) is 10.4. The van der Waals surface area contributed by atoms with E-state index in [-0.39, 0.29) is 12.2 Å². The lowest BCUT2D eigenvalue weighted by Crippen LogP contribution is -2.60. The van der Waals surface area contributed by atoms with Crippen molar-refractivity contribution >= 4 is 16.6 Å². The minimum atomic E-state index is -1.20. The van der Waals surface area contributed by atoms with Crippen molar-refractivity contribution in [3.8, 4) is 11.3 Å². The SMILES string of the molecule is Cc1c(-c2ccccn2)c(=O)[nH]c2cc(NC3C(C)OC(CO)C(O)C3O)ccc12. The van der Waals surface area contributed by atoms with E-state index in [9.17, 15) is 20.1 Å². The van der Waals surface area contributed by atoms with Gasteiger partial charge >= 0.3 is 0 Å². The summed E-state index contributed by atoms with van der Waals surface area (Å²) >= 11 is 0. The van der Waals surface area contributed by atoms with Crippen LogP contribution in [-0.4, -0.2) is 62.4 Å². The molecule has 0 radical (unpaired) electrons. The maximum Gasteiger partial charge on any atom is 0.258 e. The van der Waals surface area contributed by atoms with Gasteiger partial charge in [-0.05, 0) is 43.7 Å². The van der Waals surface area contributed by atoms with Gasteiger partial charge in [-0.2, -0.15) is 0 Å². The third-order valence-electron chi connectivity index (χ3n) is 5.70. The van der Waals surface area contributed by atoms with E-state index >= 15 is 0 Å². The lowest BCUT2D eigenvalue weighted by atomic mass is 9.93. The van der Waals surface area contributed by atoms with Crippen LogP contribution in [-0.2, 0) is 4.74 Å². The number of aliphatic hydroxyl groups excluding tert-OH is 3. The van der Waals surface area contributed by atoms with E-state index in [2.05, 4.69) is 15.3 Å². The first-order valence-corrected chi connectivity index (χ1v) is 9.87. The van der Waals surface area contributed by atoms with E-state index in [0.29, 0.717) is 22.5 Å². The van der Waals surface area contributed by atoms with Gasteiger partial charge in [0.15, 0.2) is 0 Å². The molecule has 158 valence electrons. The Balaban J connectivity index is 1.67. The van der Waals surface area contributed by atoms with E-state index in [1.54, 1.807) is 31.3 Å². The normalized spacial score (nSPS) is 26.6. The standard InChI is InChI=1S/C22H25N3O5/c1-11-14-7-6-13(24-19-12(2)30-17(10-26)20(27)21(19)28)9-16(14)25-22(29)18(11)15-5-3-4-8-23-15/h3-9,12,17,19-21,24,26-28H,10H2,1-2H3,(H,25,29). The summed E-state index contributed by atoms with van der Waals surface area (Å²) < 4.78 is 5.61. The first-order chi connectivity index (χ1) is 14.4. The number of aliphatic hydroxyl groups is 3. The highest BCUT2D eigenvalue weighted by molar-refractivity contribution is 5.89. The molecule has 8 nitrogen and oxygen atoms in total. The summed E-state index contributed by atoms with van der Waals surface area (Å²) in [6.07, 6.45) is -1.93. The minimum Gasteiger partial charge on any atom is -0.394 e. The van der Waals surface area contributed by atoms with Crippen LogP contribution >= 0.6 is 0 Å². The maximum absolute atomic E-state index is 12.7. The van der Waals surface area contributed by atoms with Crippen LogP contribution in [0.2, 0.25) is 0 Å². The summed E-state index contributed by atoms with van der Waals surface area (Å²) in [7, 11) is 0. The molecule has 2 aromatic heterocycles. The Hall–Kier alpha value is -2.78. The second-order valence-electron chi connectivity index (χ2n) is 7.64. The smallest absolute Gasteiger partial charge is 0.258 e. The fourth-order valence-electron chi connectivity index (χ4n) is 4.07. The lowest BCUT2D eigenvalue weighted by Gasteiger charge is -2.41. The third kappa shape index (κ3) is 3.59. The maximum atomic E-state index is 12.7. The van der Waals surface area contributed by atoms with E-state index in [0.717, 1.165) is 10.9 Å². The molecule has 30 heavy (non-hydrogen) atoms. The number of ether oxygens (including phenoxy) is 1. The van der Waals surface area contributed by atoms with Gasteiger partial charge in [0, 0.05) is 17.3 Å². The molecule has 0 bridgehead atoms. The van der Waals surface area contributed by atoms with Crippen molar-refractivity contribution in [2.75, 3.05) is 11.9 Å². The Morgan fingerprint density at radius 3 is 2.70 bits per heavy atom. The quantitative estimate of drug-likeness (QED) is 0.436. The van der Waals surface area contributed by atoms with Crippen molar-refractivity contribution in [1.82, 2.24) is 9.97 Å². The summed E-state index contributed by atoms with van der Waals surface area (Å²) in [5, 5.41) is 34.0. The average molecular weight is 411 g/mol. The molecule has 1 saturated heterocycles. The van der Waals surface area contributed by atoms with Crippen LogP contribution in [0.4, 0.5) is 5.69 Å². The second kappa shape index (κ2) is 8.16. The number of aromatic amines is 1. The molecule has 0 amide bonds. The van der Waals surface area contributed by atoms with Crippen LogP contribution < -0.4 is 10.9 Å². The van der Waals surface area contributed by atoms with Gasteiger partial charge in [0.2, 0.25) is 0 Å². The number of nitrogens with one attached hydrogen (secondary N) is 2. The second-order valence-corrected chi connectivity index (χ2v) is 7.64.